The molecule has 0 saturated heterocycles. The Labute approximate surface area is 111 Å². The lowest BCUT2D eigenvalue weighted by Gasteiger charge is -2.04. The van der Waals surface area contributed by atoms with Crippen molar-refractivity contribution in [3.05, 3.63) is 69.7 Å². The van der Waals surface area contributed by atoms with Gasteiger partial charge in [-0.3, -0.25) is 4.79 Å². The Morgan fingerprint density at radius 3 is 2.33 bits per heavy atom. The van der Waals surface area contributed by atoms with Gasteiger partial charge in [-0.15, -0.1) is 0 Å². The first-order valence-electron chi connectivity index (χ1n) is 6.16. The van der Waals surface area contributed by atoms with Gasteiger partial charge in [0.25, 0.3) is 0 Å². The number of halogens is 1. The van der Waals surface area contributed by atoms with E-state index in [2.05, 4.69) is 6.07 Å². The van der Waals surface area contributed by atoms with Crippen molar-refractivity contribution in [2.75, 3.05) is 0 Å². The van der Waals surface area contributed by atoms with Crippen molar-refractivity contribution in [1.29, 1.82) is 0 Å². The molecule has 3 rings (SSSR count). The molecule has 2 aromatic carbocycles. The molecule has 0 radical (unpaired) electrons. The summed E-state index contributed by atoms with van der Waals surface area (Å²) in [6.07, 6.45) is 3.44. The van der Waals surface area contributed by atoms with Gasteiger partial charge in [0.1, 0.15) is 0 Å². The summed E-state index contributed by atoms with van der Waals surface area (Å²) in [5.74, 6) is 0.0707. The quantitative estimate of drug-likeness (QED) is 0.741. The van der Waals surface area contributed by atoms with E-state index in [4.69, 9.17) is 11.6 Å². The predicted octanol–water partition coefficient (Wildman–Crippen LogP) is 4.06. The lowest BCUT2D eigenvalue weighted by atomic mass is 9.99. The molecule has 0 aliphatic heterocycles. The molecule has 2 aromatic rings. The fraction of sp³-hybridized carbons (Fsp3) is 0.188. The monoisotopic (exact) mass is 256 g/mol. The van der Waals surface area contributed by atoms with E-state index in [1.165, 1.54) is 17.5 Å². The number of aryl methyl sites for hydroxylation is 2. The lowest BCUT2D eigenvalue weighted by Crippen LogP contribution is -2.02. The molecule has 18 heavy (non-hydrogen) atoms. The molecular formula is C16H13ClO. The number of fused-ring (bicyclic) bond motifs is 1. The summed E-state index contributed by atoms with van der Waals surface area (Å²) in [7, 11) is 0. The van der Waals surface area contributed by atoms with Crippen molar-refractivity contribution in [2.24, 2.45) is 0 Å². The third kappa shape index (κ3) is 2.06. The summed E-state index contributed by atoms with van der Waals surface area (Å²) in [5.41, 5.74) is 4.19. The van der Waals surface area contributed by atoms with Crippen LogP contribution in [-0.2, 0) is 12.8 Å². The van der Waals surface area contributed by atoms with Crippen LogP contribution in [-0.4, -0.2) is 5.78 Å². The van der Waals surface area contributed by atoms with Crippen LogP contribution in [0, 0.1) is 0 Å². The minimum Gasteiger partial charge on any atom is -0.289 e. The number of rotatable bonds is 2. The zero-order chi connectivity index (χ0) is 12.5. The normalized spacial score (nSPS) is 13.4. The second kappa shape index (κ2) is 4.58. The summed E-state index contributed by atoms with van der Waals surface area (Å²) in [6, 6.07) is 13.1. The summed E-state index contributed by atoms with van der Waals surface area (Å²) in [5, 5.41) is 0.653. The van der Waals surface area contributed by atoms with E-state index in [0.29, 0.717) is 10.6 Å². The van der Waals surface area contributed by atoms with Crippen LogP contribution in [0.3, 0.4) is 0 Å². The van der Waals surface area contributed by atoms with Crippen molar-refractivity contribution in [3.63, 3.8) is 0 Å². The van der Waals surface area contributed by atoms with E-state index < -0.39 is 0 Å². The first-order valence-corrected chi connectivity index (χ1v) is 6.54. The minimum absolute atomic E-state index is 0.0707. The third-order valence-electron chi connectivity index (χ3n) is 3.47. The molecule has 0 heterocycles. The number of benzene rings is 2. The highest BCUT2D eigenvalue weighted by Gasteiger charge is 2.14. The molecule has 0 N–H and O–H groups in total. The summed E-state index contributed by atoms with van der Waals surface area (Å²) in [4.78, 5) is 12.3. The maximum Gasteiger partial charge on any atom is 0.193 e. The van der Waals surface area contributed by atoms with Crippen LogP contribution in [0.1, 0.15) is 33.5 Å². The maximum atomic E-state index is 12.3. The van der Waals surface area contributed by atoms with Gasteiger partial charge >= 0.3 is 0 Å². The van der Waals surface area contributed by atoms with E-state index in [1.54, 1.807) is 24.3 Å². The van der Waals surface area contributed by atoms with Gasteiger partial charge in [-0.2, -0.15) is 0 Å². The summed E-state index contributed by atoms with van der Waals surface area (Å²) >= 11 is 5.83. The Hall–Kier alpha value is -1.60. The second-order valence-electron chi connectivity index (χ2n) is 4.67. The molecule has 0 amide bonds. The smallest absolute Gasteiger partial charge is 0.193 e. The van der Waals surface area contributed by atoms with Crippen molar-refractivity contribution in [2.45, 2.75) is 19.3 Å². The number of carbonyl (C=O) groups excluding carboxylic acids is 1. The molecule has 90 valence electrons. The zero-order valence-electron chi connectivity index (χ0n) is 9.95. The van der Waals surface area contributed by atoms with E-state index in [0.717, 1.165) is 18.4 Å². The molecule has 0 unspecified atom stereocenters. The molecule has 0 bridgehead atoms. The van der Waals surface area contributed by atoms with Crippen molar-refractivity contribution >= 4 is 17.4 Å². The zero-order valence-corrected chi connectivity index (χ0v) is 10.7. The molecular weight excluding hydrogens is 244 g/mol. The predicted molar refractivity (Wildman–Crippen MR) is 73.4 cm³/mol. The van der Waals surface area contributed by atoms with Crippen molar-refractivity contribution < 1.29 is 4.79 Å². The molecule has 1 aliphatic carbocycles. The molecule has 0 fully saturated rings. The first kappa shape index (κ1) is 11.5. The van der Waals surface area contributed by atoms with Crippen LogP contribution in [0.2, 0.25) is 5.02 Å². The third-order valence-corrected chi connectivity index (χ3v) is 3.72. The van der Waals surface area contributed by atoms with E-state index >= 15 is 0 Å². The molecule has 0 spiro atoms. The van der Waals surface area contributed by atoms with Gasteiger partial charge in [-0.05, 0) is 60.7 Å². The average molecular weight is 257 g/mol. The van der Waals surface area contributed by atoms with Gasteiger partial charge in [0.05, 0.1) is 0 Å². The summed E-state index contributed by atoms with van der Waals surface area (Å²) < 4.78 is 0. The topological polar surface area (TPSA) is 17.1 Å². The standard InChI is InChI=1S/C16H13ClO/c17-15-8-6-12(7-9-15)16(18)14-5-4-11-2-1-3-13(11)10-14/h4-10H,1-3H2. The van der Waals surface area contributed by atoms with Crippen LogP contribution >= 0.6 is 11.6 Å². The molecule has 1 nitrogen and oxygen atoms in total. The minimum atomic E-state index is 0.0707. The Kier molecular flexibility index (Phi) is 2.92. The van der Waals surface area contributed by atoms with E-state index in [1.807, 2.05) is 12.1 Å². The van der Waals surface area contributed by atoms with Gasteiger partial charge in [-0.1, -0.05) is 23.7 Å². The highest BCUT2D eigenvalue weighted by atomic mass is 35.5. The molecule has 0 saturated carbocycles. The van der Waals surface area contributed by atoms with E-state index in [-0.39, 0.29) is 5.78 Å². The van der Waals surface area contributed by atoms with Gasteiger partial charge < -0.3 is 0 Å². The Bertz CT molecular complexity index is 599. The molecule has 0 aromatic heterocycles. The van der Waals surface area contributed by atoms with E-state index in [9.17, 15) is 4.79 Å². The second-order valence-corrected chi connectivity index (χ2v) is 5.11. The number of ketones is 1. The molecule has 0 atom stereocenters. The fourth-order valence-corrected chi connectivity index (χ4v) is 2.61. The average Bonchev–Trinajstić information content (AvgIpc) is 2.86. The molecule has 1 aliphatic rings. The number of carbonyl (C=O) groups is 1. The highest BCUT2D eigenvalue weighted by Crippen LogP contribution is 2.24. The largest absolute Gasteiger partial charge is 0.289 e. The van der Waals surface area contributed by atoms with Crippen LogP contribution in [0.25, 0.3) is 0 Å². The Balaban J connectivity index is 1.95. The number of hydrogen-bond donors (Lipinski definition) is 0. The van der Waals surface area contributed by atoms with Crippen LogP contribution < -0.4 is 0 Å². The van der Waals surface area contributed by atoms with Crippen LogP contribution in [0.4, 0.5) is 0 Å². The fourth-order valence-electron chi connectivity index (χ4n) is 2.48. The van der Waals surface area contributed by atoms with Gasteiger partial charge in [0, 0.05) is 16.1 Å². The SMILES string of the molecule is O=C(c1ccc(Cl)cc1)c1ccc2c(c1)CCC2. The lowest BCUT2D eigenvalue weighted by molar-refractivity contribution is 0.103. The van der Waals surface area contributed by atoms with Crippen LogP contribution in [0.5, 0.6) is 0 Å². The van der Waals surface area contributed by atoms with Crippen molar-refractivity contribution in [3.8, 4) is 0 Å². The number of hydrogen-bond acceptors (Lipinski definition) is 1. The Morgan fingerprint density at radius 1 is 0.889 bits per heavy atom. The highest BCUT2D eigenvalue weighted by molar-refractivity contribution is 6.30. The van der Waals surface area contributed by atoms with Crippen molar-refractivity contribution in [1.82, 2.24) is 0 Å². The van der Waals surface area contributed by atoms with Gasteiger partial charge in [0.15, 0.2) is 5.78 Å². The van der Waals surface area contributed by atoms with Gasteiger partial charge in [0.2, 0.25) is 0 Å². The Morgan fingerprint density at radius 2 is 1.56 bits per heavy atom. The summed E-state index contributed by atoms with van der Waals surface area (Å²) in [6.45, 7) is 0. The van der Waals surface area contributed by atoms with Crippen LogP contribution in [0.15, 0.2) is 42.5 Å². The molecule has 2 heteroatoms. The van der Waals surface area contributed by atoms with Gasteiger partial charge in [-0.25, -0.2) is 0 Å². The maximum absolute atomic E-state index is 12.3. The first-order chi connectivity index (χ1) is 8.74.